The molecule has 0 atom stereocenters. The minimum Gasteiger partial charge on any atom is -0.297 e. The maximum atomic E-state index is 13.7. The van der Waals surface area contributed by atoms with E-state index < -0.39 is 17.1 Å². The molecule has 1 aromatic carbocycles. The lowest BCUT2D eigenvalue weighted by Gasteiger charge is -2.10. The second-order valence-corrected chi connectivity index (χ2v) is 4.74. The van der Waals surface area contributed by atoms with Gasteiger partial charge in [-0.25, -0.2) is 13.8 Å². The van der Waals surface area contributed by atoms with E-state index in [9.17, 15) is 14.0 Å². The number of benzene rings is 1. The number of rotatable bonds is 3. The quantitative estimate of drug-likeness (QED) is 0.882. The summed E-state index contributed by atoms with van der Waals surface area (Å²) in [4.78, 5) is 26.7. The number of aromatic nitrogens is 2. The SMILES string of the molecule is CCCc1c(Cl)[nH]c(=O)n(-c2cccc(F)c2C#N)c1=O. The van der Waals surface area contributed by atoms with Gasteiger partial charge in [-0.2, -0.15) is 5.26 Å². The summed E-state index contributed by atoms with van der Waals surface area (Å²) < 4.78 is 14.4. The van der Waals surface area contributed by atoms with Crippen molar-refractivity contribution in [2.75, 3.05) is 0 Å². The van der Waals surface area contributed by atoms with Crippen LogP contribution in [0.3, 0.4) is 0 Å². The fourth-order valence-electron chi connectivity index (χ4n) is 2.04. The van der Waals surface area contributed by atoms with Crippen LogP contribution in [-0.4, -0.2) is 9.55 Å². The molecule has 0 fully saturated rings. The summed E-state index contributed by atoms with van der Waals surface area (Å²) in [5.74, 6) is -0.798. The first kappa shape index (κ1) is 15.0. The molecule has 0 bridgehead atoms. The van der Waals surface area contributed by atoms with Crippen LogP contribution in [0.25, 0.3) is 5.69 Å². The molecular formula is C14H11ClFN3O2. The highest BCUT2D eigenvalue weighted by Crippen LogP contribution is 2.16. The van der Waals surface area contributed by atoms with Crippen LogP contribution in [0.4, 0.5) is 4.39 Å². The summed E-state index contributed by atoms with van der Waals surface area (Å²) in [5.41, 5.74) is -1.70. The number of halogens is 2. The van der Waals surface area contributed by atoms with Crippen molar-refractivity contribution < 1.29 is 4.39 Å². The van der Waals surface area contributed by atoms with E-state index in [4.69, 9.17) is 16.9 Å². The molecule has 0 spiro atoms. The maximum absolute atomic E-state index is 13.7. The molecule has 0 saturated carbocycles. The monoisotopic (exact) mass is 307 g/mol. The zero-order valence-corrected chi connectivity index (χ0v) is 11.9. The van der Waals surface area contributed by atoms with E-state index in [1.54, 1.807) is 6.07 Å². The Morgan fingerprint density at radius 1 is 1.43 bits per heavy atom. The van der Waals surface area contributed by atoms with Gasteiger partial charge in [0.05, 0.1) is 11.3 Å². The first-order valence-corrected chi connectivity index (χ1v) is 6.61. The van der Waals surface area contributed by atoms with Crippen molar-refractivity contribution in [2.24, 2.45) is 0 Å². The van der Waals surface area contributed by atoms with Gasteiger partial charge < -0.3 is 0 Å². The van der Waals surface area contributed by atoms with Crippen molar-refractivity contribution in [1.29, 1.82) is 5.26 Å². The predicted molar refractivity (Wildman–Crippen MR) is 76.3 cm³/mol. The summed E-state index contributed by atoms with van der Waals surface area (Å²) in [6, 6.07) is 5.41. The lowest BCUT2D eigenvalue weighted by atomic mass is 10.1. The van der Waals surface area contributed by atoms with Gasteiger partial charge in [-0.15, -0.1) is 0 Å². The molecule has 21 heavy (non-hydrogen) atoms. The first-order valence-electron chi connectivity index (χ1n) is 6.24. The zero-order valence-electron chi connectivity index (χ0n) is 11.1. The van der Waals surface area contributed by atoms with Crippen LogP contribution in [0.1, 0.15) is 24.5 Å². The van der Waals surface area contributed by atoms with Gasteiger partial charge in [-0.3, -0.25) is 9.78 Å². The van der Waals surface area contributed by atoms with E-state index in [-0.39, 0.29) is 22.0 Å². The molecule has 0 saturated heterocycles. The topological polar surface area (TPSA) is 78.7 Å². The fourth-order valence-corrected chi connectivity index (χ4v) is 2.30. The van der Waals surface area contributed by atoms with Crippen molar-refractivity contribution in [2.45, 2.75) is 19.8 Å². The third kappa shape index (κ3) is 2.60. The van der Waals surface area contributed by atoms with E-state index in [0.717, 1.165) is 10.6 Å². The number of hydrogen-bond donors (Lipinski definition) is 1. The molecule has 0 aliphatic rings. The van der Waals surface area contributed by atoms with Gasteiger partial charge in [0.25, 0.3) is 5.56 Å². The molecule has 7 heteroatoms. The Morgan fingerprint density at radius 2 is 2.14 bits per heavy atom. The summed E-state index contributed by atoms with van der Waals surface area (Å²) in [7, 11) is 0. The third-order valence-corrected chi connectivity index (χ3v) is 3.31. The fraction of sp³-hybridized carbons (Fsp3) is 0.214. The summed E-state index contributed by atoms with van der Waals surface area (Å²) in [6.45, 7) is 1.86. The Morgan fingerprint density at radius 3 is 2.76 bits per heavy atom. The number of nitrogens with zero attached hydrogens (tertiary/aromatic N) is 2. The molecule has 1 aromatic heterocycles. The van der Waals surface area contributed by atoms with Crippen LogP contribution in [0.5, 0.6) is 0 Å². The highest BCUT2D eigenvalue weighted by Gasteiger charge is 2.17. The second-order valence-electron chi connectivity index (χ2n) is 4.36. The van der Waals surface area contributed by atoms with Gasteiger partial charge in [0.1, 0.15) is 22.6 Å². The van der Waals surface area contributed by atoms with E-state index in [2.05, 4.69) is 4.98 Å². The molecular weight excluding hydrogens is 297 g/mol. The average Bonchev–Trinajstić information content (AvgIpc) is 2.43. The summed E-state index contributed by atoms with van der Waals surface area (Å²) in [5, 5.41) is 9.00. The Bertz CT molecular complexity index is 849. The van der Waals surface area contributed by atoms with Gasteiger partial charge >= 0.3 is 5.69 Å². The van der Waals surface area contributed by atoms with Crippen molar-refractivity contribution in [3.05, 3.63) is 61.1 Å². The van der Waals surface area contributed by atoms with Gasteiger partial charge in [-0.05, 0) is 18.6 Å². The smallest absolute Gasteiger partial charge is 0.297 e. The molecule has 0 aliphatic carbocycles. The number of nitriles is 1. The van der Waals surface area contributed by atoms with Gasteiger partial charge in [-0.1, -0.05) is 31.0 Å². The number of H-pyrrole nitrogens is 1. The molecule has 5 nitrogen and oxygen atoms in total. The molecule has 0 aliphatic heterocycles. The van der Waals surface area contributed by atoms with Crippen molar-refractivity contribution in [3.63, 3.8) is 0 Å². The van der Waals surface area contributed by atoms with Crippen LogP contribution >= 0.6 is 11.6 Å². The third-order valence-electron chi connectivity index (χ3n) is 2.99. The largest absolute Gasteiger partial charge is 0.334 e. The zero-order chi connectivity index (χ0) is 15.6. The van der Waals surface area contributed by atoms with E-state index in [1.165, 1.54) is 12.1 Å². The summed E-state index contributed by atoms with van der Waals surface area (Å²) in [6.07, 6.45) is 1.01. The first-order chi connectivity index (χ1) is 10.0. The lowest BCUT2D eigenvalue weighted by Crippen LogP contribution is -2.36. The van der Waals surface area contributed by atoms with Crippen LogP contribution in [0.15, 0.2) is 27.8 Å². The van der Waals surface area contributed by atoms with Crippen molar-refractivity contribution >= 4 is 11.6 Å². The molecule has 2 aromatic rings. The molecule has 0 radical (unpaired) electrons. The molecule has 0 unspecified atom stereocenters. The minimum atomic E-state index is -0.813. The molecule has 1 heterocycles. The maximum Gasteiger partial charge on any atom is 0.334 e. The second kappa shape index (κ2) is 5.94. The highest BCUT2D eigenvalue weighted by atomic mass is 35.5. The van der Waals surface area contributed by atoms with Gasteiger partial charge in [0.2, 0.25) is 0 Å². The van der Waals surface area contributed by atoms with Crippen LogP contribution in [0, 0.1) is 17.1 Å². The van der Waals surface area contributed by atoms with Gasteiger partial charge in [0.15, 0.2) is 0 Å². The molecule has 1 N–H and O–H groups in total. The predicted octanol–water partition coefficient (Wildman–Crippen LogP) is 2.14. The number of nitrogens with one attached hydrogen (secondary N) is 1. The normalized spacial score (nSPS) is 10.4. The summed E-state index contributed by atoms with van der Waals surface area (Å²) >= 11 is 5.87. The minimum absolute atomic E-state index is 0.0296. The Hall–Kier alpha value is -2.39. The van der Waals surface area contributed by atoms with E-state index in [0.29, 0.717) is 12.8 Å². The average molecular weight is 308 g/mol. The Balaban J connectivity index is 2.86. The van der Waals surface area contributed by atoms with Crippen LogP contribution < -0.4 is 11.2 Å². The van der Waals surface area contributed by atoms with E-state index in [1.807, 2.05) is 6.92 Å². The molecule has 2 rings (SSSR count). The number of hydrogen-bond acceptors (Lipinski definition) is 3. The van der Waals surface area contributed by atoms with E-state index >= 15 is 0 Å². The lowest BCUT2D eigenvalue weighted by molar-refractivity contribution is 0.621. The molecule has 0 amide bonds. The van der Waals surface area contributed by atoms with Crippen molar-refractivity contribution in [3.8, 4) is 11.8 Å². The van der Waals surface area contributed by atoms with Crippen LogP contribution in [0.2, 0.25) is 5.15 Å². The number of aromatic amines is 1. The standard InChI is InChI=1S/C14H11ClFN3O2/c1-2-4-8-12(15)18-14(21)19(13(8)20)11-6-3-5-10(16)9(11)7-17/h3,5-6H,2,4H2,1H3,(H,18,21). The highest BCUT2D eigenvalue weighted by molar-refractivity contribution is 6.30. The van der Waals surface area contributed by atoms with Crippen molar-refractivity contribution in [1.82, 2.24) is 9.55 Å². The Kier molecular flexibility index (Phi) is 4.24. The molecule has 108 valence electrons. The van der Waals surface area contributed by atoms with Crippen LogP contribution in [-0.2, 0) is 6.42 Å². The van der Waals surface area contributed by atoms with Gasteiger partial charge in [0, 0.05) is 0 Å². The Labute approximate surface area is 124 Å².